The molecular formula is C16H25NO8. The number of hydrogen-bond acceptors (Lipinski definition) is 8. The van der Waals surface area contributed by atoms with Gasteiger partial charge in [0.1, 0.15) is 18.8 Å². The van der Waals surface area contributed by atoms with Crippen LogP contribution in [0.3, 0.4) is 0 Å². The minimum Gasteiger partial charge on any atom is -0.462 e. The normalized spacial score (nSPS) is 25.8. The second-order valence-electron chi connectivity index (χ2n) is 6.80. The van der Waals surface area contributed by atoms with Crippen molar-refractivity contribution >= 4 is 23.8 Å². The monoisotopic (exact) mass is 359 g/mol. The summed E-state index contributed by atoms with van der Waals surface area (Å²) in [6, 6.07) is -0.835. The lowest BCUT2D eigenvalue weighted by Gasteiger charge is -2.24. The maximum absolute atomic E-state index is 11.9. The number of carbonyl (C=O) groups excluding carboxylic acids is 4. The third kappa shape index (κ3) is 6.33. The Hall–Kier alpha value is -2.16. The average Bonchev–Trinajstić information content (AvgIpc) is 2.71. The van der Waals surface area contributed by atoms with Crippen LogP contribution in [0.1, 0.15) is 41.5 Å². The molecule has 1 saturated heterocycles. The van der Waals surface area contributed by atoms with Gasteiger partial charge in [-0.25, -0.2) is 0 Å². The number of ether oxygens (including phenoxy) is 4. The fraction of sp³-hybridized carbons (Fsp3) is 0.750. The summed E-state index contributed by atoms with van der Waals surface area (Å²) >= 11 is 0. The minimum absolute atomic E-state index is 0.198. The van der Waals surface area contributed by atoms with Gasteiger partial charge >= 0.3 is 17.9 Å². The predicted molar refractivity (Wildman–Crippen MR) is 84.0 cm³/mol. The molecule has 0 radical (unpaired) electrons. The second-order valence-corrected chi connectivity index (χ2v) is 6.80. The van der Waals surface area contributed by atoms with Crippen LogP contribution in [0.2, 0.25) is 0 Å². The van der Waals surface area contributed by atoms with Gasteiger partial charge in [0.2, 0.25) is 12.2 Å². The van der Waals surface area contributed by atoms with Gasteiger partial charge in [-0.3, -0.25) is 19.2 Å². The van der Waals surface area contributed by atoms with Crippen LogP contribution >= 0.6 is 0 Å². The molecule has 0 aliphatic carbocycles. The zero-order chi connectivity index (χ0) is 19.4. The van der Waals surface area contributed by atoms with Crippen LogP contribution in [0.25, 0.3) is 0 Å². The molecule has 1 unspecified atom stereocenters. The fourth-order valence-electron chi connectivity index (χ4n) is 2.22. The number of amides is 1. The zero-order valence-electron chi connectivity index (χ0n) is 15.3. The van der Waals surface area contributed by atoms with E-state index in [2.05, 4.69) is 5.32 Å². The number of carbonyl (C=O) groups is 4. The van der Waals surface area contributed by atoms with E-state index >= 15 is 0 Å². The number of esters is 3. The molecule has 0 spiro atoms. The molecule has 25 heavy (non-hydrogen) atoms. The van der Waals surface area contributed by atoms with Crippen LogP contribution in [-0.4, -0.2) is 55.0 Å². The van der Waals surface area contributed by atoms with Crippen molar-refractivity contribution in [3.05, 3.63) is 0 Å². The lowest BCUT2D eigenvalue weighted by Crippen LogP contribution is -2.50. The van der Waals surface area contributed by atoms with Gasteiger partial charge in [0.25, 0.3) is 0 Å². The first kappa shape index (κ1) is 20.9. The first-order valence-corrected chi connectivity index (χ1v) is 7.86. The van der Waals surface area contributed by atoms with E-state index in [0.29, 0.717) is 0 Å². The summed E-state index contributed by atoms with van der Waals surface area (Å²) in [5.41, 5.74) is -0.716. The molecule has 1 fully saturated rings. The molecule has 0 bridgehead atoms. The molecule has 1 amide bonds. The van der Waals surface area contributed by atoms with Crippen LogP contribution in [0, 0.1) is 5.41 Å². The number of hydrogen-bond donors (Lipinski definition) is 1. The molecule has 4 atom stereocenters. The van der Waals surface area contributed by atoms with Gasteiger partial charge in [-0.15, -0.1) is 0 Å². The fourth-order valence-corrected chi connectivity index (χ4v) is 2.22. The van der Waals surface area contributed by atoms with Crippen LogP contribution in [0.15, 0.2) is 0 Å². The quantitative estimate of drug-likeness (QED) is 0.550. The first-order valence-electron chi connectivity index (χ1n) is 7.86. The van der Waals surface area contributed by atoms with Crippen molar-refractivity contribution in [3.63, 3.8) is 0 Å². The Morgan fingerprint density at radius 2 is 1.56 bits per heavy atom. The van der Waals surface area contributed by atoms with Crippen LogP contribution in [-0.2, 0) is 38.1 Å². The Bertz CT molecular complexity index is 539. The summed E-state index contributed by atoms with van der Waals surface area (Å²) in [5, 5.41) is 2.59. The smallest absolute Gasteiger partial charge is 0.311 e. The third-order valence-electron chi connectivity index (χ3n) is 3.28. The molecule has 1 rings (SSSR count). The highest BCUT2D eigenvalue weighted by Gasteiger charge is 2.50. The molecule has 1 N–H and O–H groups in total. The van der Waals surface area contributed by atoms with E-state index in [4.69, 9.17) is 18.9 Å². The number of nitrogens with one attached hydrogen (secondary N) is 1. The molecule has 0 saturated carbocycles. The second kappa shape index (κ2) is 8.28. The van der Waals surface area contributed by atoms with Gasteiger partial charge in [0.15, 0.2) is 6.10 Å². The Labute approximate surface area is 146 Å². The van der Waals surface area contributed by atoms with Crippen molar-refractivity contribution in [3.8, 4) is 0 Å². The van der Waals surface area contributed by atoms with E-state index < -0.39 is 53.8 Å². The summed E-state index contributed by atoms with van der Waals surface area (Å²) in [6.07, 6.45) is -3.11. The van der Waals surface area contributed by atoms with Crippen molar-refractivity contribution in [1.82, 2.24) is 5.32 Å². The van der Waals surface area contributed by atoms with Gasteiger partial charge in [-0.05, 0) is 20.8 Å². The maximum Gasteiger partial charge on any atom is 0.311 e. The zero-order valence-corrected chi connectivity index (χ0v) is 15.3. The Morgan fingerprint density at radius 1 is 1.00 bits per heavy atom. The van der Waals surface area contributed by atoms with E-state index in [1.807, 2.05) is 0 Å². The van der Waals surface area contributed by atoms with E-state index in [1.165, 1.54) is 20.8 Å². The van der Waals surface area contributed by atoms with Crippen molar-refractivity contribution < 1.29 is 38.1 Å². The molecule has 0 aromatic heterocycles. The Balaban J connectivity index is 2.95. The average molecular weight is 359 g/mol. The van der Waals surface area contributed by atoms with Crippen molar-refractivity contribution in [2.24, 2.45) is 5.41 Å². The van der Waals surface area contributed by atoms with E-state index in [9.17, 15) is 19.2 Å². The van der Waals surface area contributed by atoms with E-state index in [0.717, 1.165) is 0 Å². The summed E-state index contributed by atoms with van der Waals surface area (Å²) in [7, 11) is 0. The molecule has 9 heteroatoms. The molecule has 0 aromatic carbocycles. The standard InChI is InChI=1S/C16H25NO8/c1-8(18)17-12-11(7-22-15(21)16(4,5)6)25-14(24-10(3)20)13(12)23-9(2)19/h11-14H,7H2,1-6H3,(H,17,18)/t11-,12-,13-,14?/m1/s1. The van der Waals surface area contributed by atoms with Crippen LogP contribution < -0.4 is 5.32 Å². The van der Waals surface area contributed by atoms with Gasteiger partial charge in [0.05, 0.1) is 5.41 Å². The Kier molecular flexibility index (Phi) is 6.92. The highest BCUT2D eigenvalue weighted by Crippen LogP contribution is 2.27. The molecule has 1 aliphatic rings. The van der Waals surface area contributed by atoms with Crippen LogP contribution in [0.4, 0.5) is 0 Å². The predicted octanol–water partition coefficient (Wildman–Crippen LogP) is 0.300. The maximum atomic E-state index is 11.9. The van der Waals surface area contributed by atoms with Crippen LogP contribution in [0.5, 0.6) is 0 Å². The highest BCUT2D eigenvalue weighted by atomic mass is 16.7. The molecule has 1 heterocycles. The molecule has 0 aromatic rings. The lowest BCUT2D eigenvalue weighted by atomic mass is 9.97. The van der Waals surface area contributed by atoms with E-state index in [1.54, 1.807) is 20.8 Å². The SMILES string of the molecule is CC(=O)N[C@@H]1[C@@H](COC(=O)C(C)(C)C)OC(OC(C)=O)[C@@H]1OC(C)=O. The first-order chi connectivity index (χ1) is 11.4. The summed E-state index contributed by atoms with van der Waals surface area (Å²) in [6.45, 7) is 8.52. The van der Waals surface area contributed by atoms with Crippen molar-refractivity contribution in [1.29, 1.82) is 0 Å². The Morgan fingerprint density at radius 3 is 2.00 bits per heavy atom. The highest BCUT2D eigenvalue weighted by molar-refractivity contribution is 5.75. The lowest BCUT2D eigenvalue weighted by molar-refractivity contribution is -0.197. The topological polar surface area (TPSA) is 117 Å². The molecular weight excluding hydrogens is 334 g/mol. The molecule has 1 aliphatic heterocycles. The number of rotatable bonds is 5. The largest absolute Gasteiger partial charge is 0.462 e. The summed E-state index contributed by atoms with van der Waals surface area (Å²) in [5.74, 6) is -2.14. The van der Waals surface area contributed by atoms with E-state index in [-0.39, 0.29) is 6.61 Å². The summed E-state index contributed by atoms with van der Waals surface area (Å²) < 4.78 is 20.9. The van der Waals surface area contributed by atoms with Gasteiger partial charge in [-0.1, -0.05) is 0 Å². The molecule has 142 valence electrons. The minimum atomic E-state index is -1.21. The summed E-state index contributed by atoms with van der Waals surface area (Å²) in [4.78, 5) is 46.0. The third-order valence-corrected chi connectivity index (χ3v) is 3.28. The van der Waals surface area contributed by atoms with Crippen molar-refractivity contribution in [2.75, 3.05) is 6.61 Å². The van der Waals surface area contributed by atoms with Crippen molar-refractivity contribution in [2.45, 2.75) is 66.1 Å². The molecule has 9 nitrogen and oxygen atoms in total. The van der Waals surface area contributed by atoms with Gasteiger partial charge < -0.3 is 24.3 Å². The van der Waals surface area contributed by atoms with Gasteiger partial charge in [0, 0.05) is 20.8 Å². The van der Waals surface area contributed by atoms with Gasteiger partial charge in [-0.2, -0.15) is 0 Å².